The minimum absolute atomic E-state index is 0. The van der Waals surface area contributed by atoms with Crippen molar-refractivity contribution in [1.29, 1.82) is 0 Å². The molecular formula is C14H23IN4O. The predicted molar refractivity (Wildman–Crippen MR) is 91.5 cm³/mol. The second-order valence-corrected chi connectivity index (χ2v) is 5.02. The molecule has 0 atom stereocenters. The molecule has 1 aliphatic heterocycles. The molecular weight excluding hydrogens is 367 g/mol. The van der Waals surface area contributed by atoms with Crippen LogP contribution in [0.5, 0.6) is 5.88 Å². The third-order valence-electron chi connectivity index (χ3n) is 3.50. The first-order valence-electron chi connectivity index (χ1n) is 6.74. The number of ether oxygens (including phenoxy) is 1. The highest BCUT2D eigenvalue weighted by atomic mass is 127. The Morgan fingerprint density at radius 3 is 2.80 bits per heavy atom. The lowest BCUT2D eigenvalue weighted by Gasteiger charge is -2.30. The number of nitrogens with zero attached hydrogens (tertiary/aromatic N) is 3. The van der Waals surface area contributed by atoms with E-state index in [0.29, 0.717) is 18.4 Å². The molecule has 1 aromatic heterocycles. The summed E-state index contributed by atoms with van der Waals surface area (Å²) in [6.07, 6.45) is 2.38. The molecule has 2 N–H and O–H groups in total. The van der Waals surface area contributed by atoms with Crippen molar-refractivity contribution in [1.82, 2.24) is 9.88 Å². The Morgan fingerprint density at radius 1 is 1.45 bits per heavy atom. The van der Waals surface area contributed by atoms with Crippen LogP contribution in [0.2, 0.25) is 0 Å². The molecule has 0 spiro atoms. The zero-order valence-electron chi connectivity index (χ0n) is 12.1. The summed E-state index contributed by atoms with van der Waals surface area (Å²) in [5.74, 6) is 2.03. The molecule has 1 saturated heterocycles. The lowest BCUT2D eigenvalue weighted by molar-refractivity contribution is 0.277. The number of hydrogen-bond acceptors (Lipinski definition) is 3. The number of hydrogen-bond donors (Lipinski definition) is 1. The van der Waals surface area contributed by atoms with Crippen molar-refractivity contribution in [2.24, 2.45) is 16.6 Å². The van der Waals surface area contributed by atoms with Crippen LogP contribution in [0.4, 0.5) is 0 Å². The normalized spacial score (nSPS) is 16.7. The van der Waals surface area contributed by atoms with Gasteiger partial charge in [-0.2, -0.15) is 0 Å². The van der Waals surface area contributed by atoms with E-state index in [1.165, 1.54) is 12.8 Å². The summed E-state index contributed by atoms with van der Waals surface area (Å²) in [5, 5.41) is 0. The minimum Gasteiger partial charge on any atom is -0.481 e. The third kappa shape index (κ3) is 4.81. The molecule has 0 saturated carbocycles. The van der Waals surface area contributed by atoms with E-state index in [-0.39, 0.29) is 24.0 Å². The molecule has 0 amide bonds. The van der Waals surface area contributed by atoms with Crippen molar-refractivity contribution in [2.75, 3.05) is 20.2 Å². The van der Waals surface area contributed by atoms with Crippen molar-refractivity contribution < 1.29 is 4.74 Å². The summed E-state index contributed by atoms with van der Waals surface area (Å²) in [6, 6.07) is 5.66. The lowest BCUT2D eigenvalue weighted by Crippen LogP contribution is -2.42. The molecule has 0 unspecified atom stereocenters. The lowest BCUT2D eigenvalue weighted by atomic mass is 10.00. The van der Waals surface area contributed by atoms with Gasteiger partial charge in [-0.3, -0.25) is 0 Å². The first kappa shape index (κ1) is 17.0. The average molecular weight is 390 g/mol. The van der Waals surface area contributed by atoms with Crippen LogP contribution in [0, 0.1) is 5.92 Å². The van der Waals surface area contributed by atoms with Gasteiger partial charge in [-0.25, -0.2) is 9.98 Å². The number of halogens is 1. The van der Waals surface area contributed by atoms with Gasteiger partial charge in [0.25, 0.3) is 0 Å². The van der Waals surface area contributed by atoms with Gasteiger partial charge in [-0.15, -0.1) is 24.0 Å². The number of aliphatic imine (C=N–C) groups is 1. The molecule has 0 radical (unpaired) electrons. The summed E-state index contributed by atoms with van der Waals surface area (Å²) in [6.45, 7) is 4.78. The van der Waals surface area contributed by atoms with E-state index in [0.717, 1.165) is 24.7 Å². The highest BCUT2D eigenvalue weighted by Gasteiger charge is 2.16. The van der Waals surface area contributed by atoms with Crippen molar-refractivity contribution in [3.05, 3.63) is 23.9 Å². The maximum absolute atomic E-state index is 6.03. The molecule has 1 fully saturated rings. The van der Waals surface area contributed by atoms with Gasteiger partial charge in [0, 0.05) is 19.2 Å². The Labute approximate surface area is 137 Å². The minimum atomic E-state index is 0. The number of rotatable bonds is 3. The number of guanidine groups is 1. The zero-order chi connectivity index (χ0) is 13.7. The zero-order valence-corrected chi connectivity index (χ0v) is 14.4. The summed E-state index contributed by atoms with van der Waals surface area (Å²) in [4.78, 5) is 10.9. The Kier molecular flexibility index (Phi) is 7.04. The number of aromatic nitrogens is 1. The molecule has 2 heterocycles. The smallest absolute Gasteiger partial charge is 0.213 e. The van der Waals surface area contributed by atoms with Crippen LogP contribution in [-0.4, -0.2) is 36.0 Å². The molecule has 6 heteroatoms. The number of piperidine rings is 1. The van der Waals surface area contributed by atoms with Gasteiger partial charge >= 0.3 is 0 Å². The van der Waals surface area contributed by atoms with Gasteiger partial charge in [0.2, 0.25) is 5.88 Å². The molecule has 0 aromatic carbocycles. The van der Waals surface area contributed by atoms with Crippen LogP contribution < -0.4 is 10.5 Å². The summed E-state index contributed by atoms with van der Waals surface area (Å²) < 4.78 is 5.09. The number of nitrogens with two attached hydrogens (primary N) is 1. The fourth-order valence-electron chi connectivity index (χ4n) is 2.16. The van der Waals surface area contributed by atoms with Crippen LogP contribution in [-0.2, 0) is 6.54 Å². The summed E-state index contributed by atoms with van der Waals surface area (Å²) in [7, 11) is 1.61. The second-order valence-electron chi connectivity index (χ2n) is 5.02. The quantitative estimate of drug-likeness (QED) is 0.489. The molecule has 0 bridgehead atoms. The van der Waals surface area contributed by atoms with Crippen molar-refractivity contribution in [2.45, 2.75) is 26.3 Å². The molecule has 2 rings (SSSR count). The van der Waals surface area contributed by atoms with Crippen LogP contribution in [0.15, 0.2) is 23.2 Å². The van der Waals surface area contributed by atoms with Crippen molar-refractivity contribution in [3.63, 3.8) is 0 Å². The number of likely N-dealkylation sites (tertiary alicyclic amines) is 1. The fourth-order valence-corrected chi connectivity index (χ4v) is 2.16. The van der Waals surface area contributed by atoms with E-state index in [4.69, 9.17) is 10.5 Å². The summed E-state index contributed by atoms with van der Waals surface area (Å²) in [5.41, 5.74) is 6.90. The molecule has 0 aliphatic carbocycles. The van der Waals surface area contributed by atoms with Gasteiger partial charge in [0.05, 0.1) is 19.3 Å². The molecule has 1 aliphatic rings. The molecule has 112 valence electrons. The standard InChI is InChI=1S/C14H22N4O.HI/c1-11-6-8-18(9-7-11)14(15)16-10-12-4-3-5-13(17-12)19-2;/h3-5,11H,6-10H2,1-2H3,(H2,15,16);1H. The maximum Gasteiger partial charge on any atom is 0.213 e. The first-order chi connectivity index (χ1) is 9.19. The van der Waals surface area contributed by atoms with Gasteiger partial charge in [0.15, 0.2) is 5.96 Å². The van der Waals surface area contributed by atoms with E-state index >= 15 is 0 Å². The monoisotopic (exact) mass is 390 g/mol. The third-order valence-corrected chi connectivity index (χ3v) is 3.50. The van der Waals surface area contributed by atoms with Gasteiger partial charge in [-0.05, 0) is 24.8 Å². The Morgan fingerprint density at radius 2 is 2.15 bits per heavy atom. The Balaban J connectivity index is 0.00000200. The van der Waals surface area contributed by atoms with Crippen LogP contribution in [0.25, 0.3) is 0 Å². The second kappa shape index (κ2) is 8.28. The first-order valence-corrected chi connectivity index (χ1v) is 6.74. The largest absolute Gasteiger partial charge is 0.481 e. The molecule has 20 heavy (non-hydrogen) atoms. The van der Waals surface area contributed by atoms with Gasteiger partial charge in [-0.1, -0.05) is 13.0 Å². The SMILES string of the molecule is COc1cccc(CN=C(N)N2CCC(C)CC2)n1.I. The Bertz CT molecular complexity index is 445. The van der Waals surface area contributed by atoms with E-state index in [1.807, 2.05) is 18.2 Å². The van der Waals surface area contributed by atoms with E-state index in [2.05, 4.69) is 21.8 Å². The van der Waals surface area contributed by atoms with Crippen LogP contribution >= 0.6 is 24.0 Å². The van der Waals surface area contributed by atoms with E-state index < -0.39 is 0 Å². The molecule has 1 aromatic rings. The maximum atomic E-state index is 6.03. The number of methoxy groups -OCH3 is 1. The van der Waals surface area contributed by atoms with Crippen molar-refractivity contribution in [3.8, 4) is 5.88 Å². The van der Waals surface area contributed by atoms with Crippen LogP contribution in [0.1, 0.15) is 25.5 Å². The highest BCUT2D eigenvalue weighted by molar-refractivity contribution is 14.0. The van der Waals surface area contributed by atoms with Gasteiger partial charge < -0.3 is 15.4 Å². The van der Waals surface area contributed by atoms with E-state index in [1.54, 1.807) is 7.11 Å². The van der Waals surface area contributed by atoms with Crippen molar-refractivity contribution >= 4 is 29.9 Å². The topological polar surface area (TPSA) is 63.7 Å². The summed E-state index contributed by atoms with van der Waals surface area (Å²) >= 11 is 0. The number of pyridine rings is 1. The highest BCUT2D eigenvalue weighted by Crippen LogP contribution is 2.15. The molecule has 5 nitrogen and oxygen atoms in total. The average Bonchev–Trinajstić information content (AvgIpc) is 2.46. The Hall–Kier alpha value is -1.05. The van der Waals surface area contributed by atoms with Gasteiger partial charge in [0.1, 0.15) is 0 Å². The van der Waals surface area contributed by atoms with Crippen LogP contribution in [0.3, 0.4) is 0 Å². The fraction of sp³-hybridized carbons (Fsp3) is 0.571. The predicted octanol–water partition coefficient (Wildman–Crippen LogP) is 2.25. The van der Waals surface area contributed by atoms with E-state index in [9.17, 15) is 0 Å².